The highest BCUT2D eigenvalue weighted by atomic mass is 16.5. The van der Waals surface area contributed by atoms with Crippen molar-refractivity contribution in [1.29, 1.82) is 0 Å². The molecule has 6 aliphatic rings. The van der Waals surface area contributed by atoms with Gasteiger partial charge in [-0.1, -0.05) is 87.1 Å². The van der Waals surface area contributed by atoms with Crippen molar-refractivity contribution in [1.82, 2.24) is 52.3 Å². The Labute approximate surface area is 533 Å². The van der Waals surface area contributed by atoms with Gasteiger partial charge in [0.1, 0.15) is 29.9 Å². The highest BCUT2D eigenvalue weighted by Crippen LogP contribution is 2.43. The van der Waals surface area contributed by atoms with E-state index in [1.54, 1.807) is 52.2 Å². The average molecular weight is 1250 g/mol. The van der Waals surface area contributed by atoms with Crippen molar-refractivity contribution in [3.05, 3.63) is 136 Å². The molecular weight excluding hydrogens is 1160 g/mol. The van der Waals surface area contributed by atoms with E-state index in [2.05, 4.69) is 48.6 Å². The molecule has 9 N–H and O–H groups in total. The molecule has 91 heavy (non-hydrogen) atoms. The lowest BCUT2D eigenvalue weighted by molar-refractivity contribution is -0.143. The van der Waals surface area contributed by atoms with E-state index in [4.69, 9.17) is 4.74 Å². The molecule has 2 saturated heterocycles. The van der Waals surface area contributed by atoms with Crippen molar-refractivity contribution in [2.75, 3.05) is 34.3 Å². The van der Waals surface area contributed by atoms with Gasteiger partial charge >= 0.3 is 5.97 Å². The molecule has 11 unspecified atom stereocenters. The number of carboxylic acid groups (broad SMARTS) is 1. The number of amides is 8. The fraction of sp³-hybridized carbons (Fsp3) is 0.529. The maximum atomic E-state index is 15.2. The van der Waals surface area contributed by atoms with E-state index in [-0.39, 0.29) is 84.5 Å². The molecule has 4 fully saturated rings. The molecule has 4 aliphatic carbocycles. The number of aromatic carboxylic acids is 1. The number of nitrogens with one attached hydrogen (secondary N) is 8. The van der Waals surface area contributed by atoms with Gasteiger partial charge in [0.15, 0.2) is 0 Å². The lowest BCUT2D eigenvalue weighted by Crippen LogP contribution is -2.58. The molecule has 2 aliphatic heterocycles. The van der Waals surface area contributed by atoms with E-state index in [1.807, 2.05) is 42.5 Å². The summed E-state index contributed by atoms with van der Waals surface area (Å²) < 4.78 is 5.30. The monoisotopic (exact) mass is 1250 g/mol. The van der Waals surface area contributed by atoms with Crippen molar-refractivity contribution in [3.8, 4) is 5.75 Å². The average Bonchev–Trinajstić information content (AvgIpc) is 1.70. The number of fused-ring (bicyclic) bond motifs is 2. The van der Waals surface area contributed by atoms with E-state index in [9.17, 15) is 29.1 Å². The number of carbonyl (C=O) groups is 9. The number of likely N-dealkylation sites (N-methyl/N-ethyl adjacent to an activating group) is 2. The van der Waals surface area contributed by atoms with Gasteiger partial charge in [0.2, 0.25) is 35.4 Å². The van der Waals surface area contributed by atoms with Gasteiger partial charge in [-0.3, -0.25) is 38.4 Å². The Morgan fingerprint density at radius 1 is 0.516 bits per heavy atom. The number of hydrogen-bond acceptors (Lipinski definition) is 12. The minimum atomic E-state index is -1.19. The van der Waals surface area contributed by atoms with Gasteiger partial charge in [0, 0.05) is 42.2 Å². The molecule has 2 heterocycles. The first-order chi connectivity index (χ1) is 43.9. The normalized spacial score (nSPS) is 23.8. The molecule has 8 amide bonds. The summed E-state index contributed by atoms with van der Waals surface area (Å²) >= 11 is 0. The van der Waals surface area contributed by atoms with E-state index in [0.29, 0.717) is 36.1 Å². The Morgan fingerprint density at radius 2 is 1.01 bits per heavy atom. The molecule has 21 nitrogen and oxygen atoms in total. The summed E-state index contributed by atoms with van der Waals surface area (Å²) in [4.78, 5) is 132. The highest BCUT2D eigenvalue weighted by Gasteiger charge is 2.48. The molecule has 11 atom stereocenters. The SMILES string of the molecule is CNC(C)C(=O)NC(C(=O)N1CC(NC(=O)c2ccc(C(=O)O)cc2C2CCC(NC(=O)C3CC(NC(=O)c4ccc(OC)cc4)CN3C(=O)C(NC(=O)C(C)NC)C3CCCCC3)c3ccccc32)CC1C(=O)NC1CCCc2ccccc21)C1CCCCC1. The second-order valence-electron chi connectivity index (χ2n) is 25.9. The molecule has 10 rings (SSSR count). The van der Waals surface area contributed by atoms with Crippen LogP contribution in [0.4, 0.5) is 0 Å². The van der Waals surface area contributed by atoms with Crippen LogP contribution < -0.4 is 47.3 Å². The van der Waals surface area contributed by atoms with Crippen LogP contribution in [0.1, 0.15) is 193 Å². The van der Waals surface area contributed by atoms with Crippen molar-refractivity contribution >= 4 is 53.2 Å². The summed E-state index contributed by atoms with van der Waals surface area (Å²) in [5, 5.41) is 35.3. The van der Waals surface area contributed by atoms with E-state index >= 15 is 19.2 Å². The zero-order valence-corrected chi connectivity index (χ0v) is 53.0. The molecule has 4 aromatic carbocycles. The van der Waals surface area contributed by atoms with Gasteiger partial charge in [0.05, 0.1) is 36.8 Å². The van der Waals surface area contributed by atoms with Crippen LogP contribution in [-0.2, 0) is 35.2 Å². The topological polar surface area (TPSA) is 286 Å². The number of likely N-dealkylation sites (tertiary alicyclic amines) is 2. The van der Waals surface area contributed by atoms with Crippen molar-refractivity contribution < 1.29 is 53.0 Å². The summed E-state index contributed by atoms with van der Waals surface area (Å²) in [6.45, 7) is 3.43. The van der Waals surface area contributed by atoms with Crippen LogP contribution in [0.3, 0.4) is 0 Å². The lowest BCUT2D eigenvalue weighted by atomic mass is 9.75. The number of ether oxygens (including phenoxy) is 1. The quantitative estimate of drug-likeness (QED) is 0.0456. The van der Waals surface area contributed by atoms with Crippen molar-refractivity contribution in [2.45, 2.75) is 189 Å². The second kappa shape index (κ2) is 29.9. The van der Waals surface area contributed by atoms with Crippen LogP contribution in [0.15, 0.2) is 91.0 Å². The summed E-state index contributed by atoms with van der Waals surface area (Å²) in [5.74, 6) is -4.64. The molecular formula is C70H90N10O11. The maximum absolute atomic E-state index is 15.2. The zero-order chi connectivity index (χ0) is 64.5. The fourth-order valence-electron chi connectivity index (χ4n) is 14.9. The standard InChI is InChI=1S/C70H90N10O11/c1-40(71-3)62(81)77-60(43-18-8-6-9-19-43)68(87)79-38-47(73-64(83)45-27-30-49(91-5)31-28-45)36-58(79)67(86)76-57-34-33-52(51-24-14-15-25-53(51)57)55-35-46(70(89)90)29-32-54(55)65(84)74-48-37-59(66(85)75-56-26-16-22-42-17-12-13-23-50(42)56)80(39-48)69(88)61(44-20-10-7-11-21-44)78-63(82)41(2)72-4/h12-15,17,23-25,27-32,35,40-41,43-44,47-48,52,56-61,71-72H,6-11,16,18-22,26,33-34,36-39H2,1-5H3,(H,73,83)(H,74,84)(H,75,85)(H,76,86)(H,77,81)(H,78,82)(H,89,90). The molecule has 21 heteroatoms. The molecule has 0 aromatic heterocycles. The number of carbonyl (C=O) groups excluding carboxylic acids is 8. The third kappa shape index (κ3) is 15.1. The Bertz CT molecular complexity index is 3330. The third-order valence-corrected chi connectivity index (χ3v) is 20.2. The predicted molar refractivity (Wildman–Crippen MR) is 342 cm³/mol. The zero-order valence-electron chi connectivity index (χ0n) is 53.0. The Hall–Kier alpha value is -8.17. The first kappa shape index (κ1) is 65.8. The largest absolute Gasteiger partial charge is 0.497 e. The van der Waals surface area contributed by atoms with Crippen molar-refractivity contribution in [3.63, 3.8) is 0 Å². The molecule has 2 saturated carbocycles. The molecule has 0 radical (unpaired) electrons. The van der Waals surface area contributed by atoms with E-state index < -0.39 is 84.0 Å². The number of methoxy groups -OCH3 is 1. The number of benzene rings is 4. The number of aryl methyl sites for hydroxylation is 1. The second-order valence-corrected chi connectivity index (χ2v) is 25.9. The third-order valence-electron chi connectivity index (χ3n) is 20.2. The maximum Gasteiger partial charge on any atom is 0.335 e. The first-order valence-corrected chi connectivity index (χ1v) is 32.9. The van der Waals surface area contributed by atoms with Gasteiger partial charge in [-0.15, -0.1) is 0 Å². The number of rotatable bonds is 21. The Balaban J connectivity index is 0.914. The van der Waals surface area contributed by atoms with Crippen molar-refractivity contribution in [2.24, 2.45) is 11.8 Å². The lowest BCUT2D eigenvalue weighted by Gasteiger charge is -2.36. The van der Waals surface area contributed by atoms with Crippen LogP contribution in [0.25, 0.3) is 0 Å². The molecule has 0 bridgehead atoms. The summed E-state index contributed by atoms with van der Waals surface area (Å²) in [5.41, 5.74) is 4.65. The highest BCUT2D eigenvalue weighted by molar-refractivity contribution is 6.00. The van der Waals surface area contributed by atoms with Crippen LogP contribution in [0.5, 0.6) is 5.75 Å². The molecule has 0 spiro atoms. The van der Waals surface area contributed by atoms with Gasteiger partial charge in [-0.25, -0.2) is 4.79 Å². The van der Waals surface area contributed by atoms with Crippen LogP contribution in [0, 0.1) is 11.8 Å². The van der Waals surface area contributed by atoms with Gasteiger partial charge in [0.25, 0.3) is 11.8 Å². The van der Waals surface area contributed by atoms with Crippen LogP contribution in [0.2, 0.25) is 0 Å². The smallest absolute Gasteiger partial charge is 0.335 e. The molecule has 4 aromatic rings. The Kier molecular flexibility index (Phi) is 21.6. The van der Waals surface area contributed by atoms with Gasteiger partial charge in [-0.05, 0) is 181 Å². The van der Waals surface area contributed by atoms with E-state index in [0.717, 1.165) is 99.3 Å². The minimum absolute atomic E-state index is 0.0155. The van der Waals surface area contributed by atoms with Crippen LogP contribution in [-0.4, -0.2) is 151 Å². The fourth-order valence-corrected chi connectivity index (χ4v) is 14.9. The van der Waals surface area contributed by atoms with Crippen LogP contribution >= 0.6 is 0 Å². The first-order valence-electron chi connectivity index (χ1n) is 32.9. The predicted octanol–water partition coefficient (Wildman–Crippen LogP) is 6.12. The summed E-state index contributed by atoms with van der Waals surface area (Å²) in [7, 11) is 4.88. The summed E-state index contributed by atoms with van der Waals surface area (Å²) in [6, 6.07) is 19.3. The van der Waals surface area contributed by atoms with E-state index in [1.165, 1.54) is 35.1 Å². The molecule has 486 valence electrons. The summed E-state index contributed by atoms with van der Waals surface area (Å²) in [6.07, 6.45) is 11.9. The number of carboxylic acids is 1. The number of nitrogens with zero attached hydrogens (tertiary/aromatic N) is 2. The Morgan fingerprint density at radius 3 is 1.54 bits per heavy atom. The van der Waals surface area contributed by atoms with Gasteiger partial charge in [-0.2, -0.15) is 0 Å². The minimum Gasteiger partial charge on any atom is -0.497 e. The van der Waals surface area contributed by atoms with Gasteiger partial charge < -0.3 is 62.2 Å². The number of hydrogen-bond donors (Lipinski definition) is 9.